The molecule has 2 heteroatoms. The van der Waals surface area contributed by atoms with E-state index in [1.54, 1.807) is 21.2 Å². The maximum absolute atomic E-state index is 2.56. The SMILES string of the molecule is c1ccc([PH](c2ccccc2)(C2CCCCC2)[PH](c2ccccc2)(c2ccccc2)C2CCCCC2)cc1. The van der Waals surface area contributed by atoms with Crippen molar-refractivity contribution in [2.75, 3.05) is 0 Å². The van der Waals surface area contributed by atoms with Gasteiger partial charge >= 0.3 is 232 Å². The van der Waals surface area contributed by atoms with Crippen LogP contribution in [-0.2, 0) is 0 Å². The molecule has 0 saturated heterocycles. The van der Waals surface area contributed by atoms with E-state index in [1.165, 1.54) is 64.2 Å². The molecule has 0 radical (unpaired) electrons. The Labute approximate surface area is 231 Å². The van der Waals surface area contributed by atoms with Crippen molar-refractivity contribution in [3.63, 3.8) is 0 Å². The molecule has 0 heterocycles. The molecule has 0 N–H and O–H groups in total. The topological polar surface area (TPSA) is 0 Å². The normalized spacial score (nSPS) is 18.6. The minimum absolute atomic E-state index is 0.773. The molecule has 38 heavy (non-hydrogen) atoms. The van der Waals surface area contributed by atoms with Crippen molar-refractivity contribution < 1.29 is 0 Å². The quantitative estimate of drug-likeness (QED) is 0.207. The van der Waals surface area contributed by atoms with Gasteiger partial charge in [0.1, 0.15) is 0 Å². The van der Waals surface area contributed by atoms with Crippen molar-refractivity contribution in [3.8, 4) is 0 Å². The third-order valence-electron chi connectivity index (χ3n) is 9.97. The molecule has 0 bridgehead atoms. The maximum atomic E-state index is 2.56. The van der Waals surface area contributed by atoms with Gasteiger partial charge in [0.15, 0.2) is 0 Å². The van der Waals surface area contributed by atoms with Crippen LogP contribution in [0.25, 0.3) is 0 Å². The number of benzene rings is 4. The van der Waals surface area contributed by atoms with Gasteiger partial charge in [-0.2, -0.15) is 0 Å². The van der Waals surface area contributed by atoms with Gasteiger partial charge in [-0.05, 0) is 0 Å². The van der Waals surface area contributed by atoms with E-state index in [1.807, 2.05) is 0 Å². The van der Waals surface area contributed by atoms with Gasteiger partial charge in [-0.15, -0.1) is 0 Å². The van der Waals surface area contributed by atoms with E-state index in [9.17, 15) is 0 Å². The predicted molar refractivity (Wildman–Crippen MR) is 175 cm³/mol. The van der Waals surface area contributed by atoms with E-state index in [2.05, 4.69) is 121 Å². The molecule has 4 aromatic carbocycles. The molecule has 0 amide bonds. The van der Waals surface area contributed by atoms with Gasteiger partial charge in [0, 0.05) is 0 Å². The van der Waals surface area contributed by atoms with E-state index in [0.717, 1.165) is 11.3 Å². The average Bonchev–Trinajstić information content (AvgIpc) is 3.02. The fourth-order valence-corrected chi connectivity index (χ4v) is 32.8. The second kappa shape index (κ2) is 11.9. The van der Waals surface area contributed by atoms with Crippen LogP contribution < -0.4 is 21.2 Å². The first-order valence-corrected chi connectivity index (χ1v) is 20.3. The summed E-state index contributed by atoms with van der Waals surface area (Å²) in [4.78, 5) is 0. The Morgan fingerprint density at radius 1 is 0.316 bits per heavy atom. The van der Waals surface area contributed by atoms with Gasteiger partial charge in [0.25, 0.3) is 0 Å². The van der Waals surface area contributed by atoms with E-state index in [0.29, 0.717) is 0 Å². The molecule has 6 rings (SSSR count). The molecule has 0 atom stereocenters. The molecule has 2 aliphatic carbocycles. The van der Waals surface area contributed by atoms with Crippen molar-refractivity contribution in [1.29, 1.82) is 0 Å². The fraction of sp³-hybridized carbons (Fsp3) is 0.333. The zero-order valence-electron chi connectivity index (χ0n) is 22.8. The monoisotopic (exact) mass is 538 g/mol. The molecule has 2 saturated carbocycles. The van der Waals surface area contributed by atoms with Crippen molar-refractivity contribution in [1.82, 2.24) is 0 Å². The summed E-state index contributed by atoms with van der Waals surface area (Å²) in [6.07, 6.45) is 13.9. The Hall–Kier alpha value is -2.26. The Bertz CT molecular complexity index is 1080. The molecular weight excluding hydrogens is 494 g/mol. The number of hydrogen-bond donors (Lipinski definition) is 0. The number of rotatable bonds is 7. The Kier molecular flexibility index (Phi) is 8.11. The van der Waals surface area contributed by atoms with Crippen molar-refractivity contribution in [2.45, 2.75) is 75.5 Å². The molecule has 198 valence electrons. The van der Waals surface area contributed by atoms with Gasteiger partial charge in [-0.3, -0.25) is 0 Å². The van der Waals surface area contributed by atoms with Gasteiger partial charge in [0.05, 0.1) is 0 Å². The summed E-state index contributed by atoms with van der Waals surface area (Å²) in [5, 5.41) is 6.79. The van der Waals surface area contributed by atoms with E-state index < -0.39 is 13.9 Å². The van der Waals surface area contributed by atoms with E-state index in [-0.39, 0.29) is 0 Å². The Balaban J connectivity index is 1.81. The fourth-order valence-electron chi connectivity index (χ4n) is 8.71. The first kappa shape index (κ1) is 26.0. The van der Waals surface area contributed by atoms with Crippen molar-refractivity contribution in [2.24, 2.45) is 0 Å². The predicted octanol–water partition coefficient (Wildman–Crippen LogP) is 8.37. The van der Waals surface area contributed by atoms with Crippen LogP contribution in [0.3, 0.4) is 0 Å². The summed E-state index contributed by atoms with van der Waals surface area (Å²) in [5.41, 5.74) is 1.55. The van der Waals surface area contributed by atoms with Crippen molar-refractivity contribution in [3.05, 3.63) is 121 Å². The molecule has 2 fully saturated rings. The second-order valence-electron chi connectivity index (χ2n) is 11.7. The second-order valence-corrected chi connectivity index (χ2v) is 23.7. The Morgan fingerprint density at radius 2 is 0.553 bits per heavy atom. The number of hydrogen-bond acceptors (Lipinski definition) is 0. The first-order valence-electron chi connectivity index (χ1n) is 15.1. The van der Waals surface area contributed by atoms with Gasteiger partial charge in [-0.25, -0.2) is 0 Å². The van der Waals surface area contributed by atoms with Crippen LogP contribution in [0.1, 0.15) is 64.2 Å². The van der Waals surface area contributed by atoms with Crippen LogP contribution in [-0.4, -0.2) is 11.3 Å². The van der Waals surface area contributed by atoms with Gasteiger partial charge in [-0.1, -0.05) is 0 Å². The standard InChI is InChI=1S/C36H44P2/c1-7-19-31(20-8-1)37(32-21-9-2-10-22-32,33-23-11-3-12-24-33)38(34-25-13-4-14-26-34,35-27-15-5-16-28-35)36-29-17-6-18-30-36/h1-2,4-5,7-10,13-16,19-22,25-28,33,36-38H,3,6,11-12,17-18,23-24,29-30H2. The third-order valence-corrected chi connectivity index (χ3v) is 29.4. The van der Waals surface area contributed by atoms with Crippen LogP contribution in [0, 0.1) is 0 Å². The Morgan fingerprint density at radius 3 is 0.789 bits per heavy atom. The van der Waals surface area contributed by atoms with E-state index in [4.69, 9.17) is 0 Å². The molecule has 0 unspecified atom stereocenters. The summed E-state index contributed by atoms with van der Waals surface area (Å²) < 4.78 is 0. The molecule has 4 aromatic rings. The molecule has 0 spiro atoms. The van der Waals surface area contributed by atoms with Crippen LogP contribution in [0.2, 0.25) is 0 Å². The zero-order chi connectivity index (χ0) is 25.7. The summed E-state index contributed by atoms with van der Waals surface area (Å²) >= 11 is 0. The third kappa shape index (κ3) is 4.39. The minimum atomic E-state index is -2.36. The summed E-state index contributed by atoms with van der Waals surface area (Å²) in [7, 11) is 0. The van der Waals surface area contributed by atoms with Crippen molar-refractivity contribution >= 4 is 35.1 Å². The first-order chi connectivity index (χ1) is 18.9. The van der Waals surface area contributed by atoms with Gasteiger partial charge in [0.2, 0.25) is 0 Å². The summed E-state index contributed by atoms with van der Waals surface area (Å²) in [6.45, 7) is -4.71. The van der Waals surface area contributed by atoms with Gasteiger partial charge < -0.3 is 0 Å². The van der Waals surface area contributed by atoms with Crippen LogP contribution in [0.5, 0.6) is 0 Å². The molecule has 0 nitrogen and oxygen atoms in total. The molecule has 0 aromatic heterocycles. The van der Waals surface area contributed by atoms with E-state index >= 15 is 0 Å². The van der Waals surface area contributed by atoms with Crippen LogP contribution in [0.4, 0.5) is 0 Å². The molecular formula is C36H44P2. The average molecular weight is 539 g/mol. The van der Waals surface area contributed by atoms with Crippen LogP contribution >= 0.6 is 13.9 Å². The zero-order valence-corrected chi connectivity index (χ0v) is 24.8. The van der Waals surface area contributed by atoms with Crippen LogP contribution in [0.15, 0.2) is 121 Å². The summed E-state index contributed by atoms with van der Waals surface area (Å²) in [6, 6.07) is 48.2. The molecule has 2 aliphatic rings. The summed E-state index contributed by atoms with van der Waals surface area (Å²) in [5.74, 6) is 0. The molecule has 0 aliphatic heterocycles.